The number of urea groups is 1. The lowest BCUT2D eigenvalue weighted by molar-refractivity contribution is 0.252. The molecule has 8 heteroatoms. The smallest absolute Gasteiger partial charge is 0.319 e. The molecule has 7 nitrogen and oxygen atoms in total. The van der Waals surface area contributed by atoms with Gasteiger partial charge in [0.2, 0.25) is 5.95 Å². The SMILES string of the molecule is CCNc1cc(C)nc(NCCNC(=O)Nc2cccc(SC)c2)n1. The van der Waals surface area contributed by atoms with Crippen molar-refractivity contribution in [1.82, 2.24) is 15.3 Å². The first-order valence-electron chi connectivity index (χ1n) is 8.13. The van der Waals surface area contributed by atoms with E-state index in [4.69, 9.17) is 0 Å². The lowest BCUT2D eigenvalue weighted by Gasteiger charge is -2.10. The summed E-state index contributed by atoms with van der Waals surface area (Å²) in [5.41, 5.74) is 1.66. The quantitative estimate of drug-likeness (QED) is 0.427. The predicted molar refractivity (Wildman–Crippen MR) is 105 cm³/mol. The molecule has 0 saturated carbocycles. The van der Waals surface area contributed by atoms with Gasteiger partial charge in [-0.15, -0.1) is 11.8 Å². The molecule has 25 heavy (non-hydrogen) atoms. The molecule has 0 unspecified atom stereocenters. The fraction of sp³-hybridized carbons (Fsp3) is 0.353. The minimum atomic E-state index is -0.237. The van der Waals surface area contributed by atoms with Gasteiger partial charge in [0.1, 0.15) is 5.82 Å². The molecule has 0 fully saturated rings. The number of carbonyl (C=O) groups is 1. The molecule has 0 aliphatic carbocycles. The van der Waals surface area contributed by atoms with Crippen molar-refractivity contribution in [2.45, 2.75) is 18.7 Å². The molecular weight excluding hydrogens is 336 g/mol. The highest BCUT2D eigenvalue weighted by Gasteiger charge is 2.03. The van der Waals surface area contributed by atoms with Gasteiger partial charge in [-0.1, -0.05) is 6.07 Å². The number of aromatic nitrogens is 2. The summed E-state index contributed by atoms with van der Waals surface area (Å²) in [7, 11) is 0. The Hall–Kier alpha value is -2.48. The first-order valence-corrected chi connectivity index (χ1v) is 9.35. The van der Waals surface area contributed by atoms with Gasteiger partial charge in [-0.2, -0.15) is 4.98 Å². The average molecular weight is 360 g/mol. The van der Waals surface area contributed by atoms with E-state index in [9.17, 15) is 4.79 Å². The molecule has 0 radical (unpaired) electrons. The van der Waals surface area contributed by atoms with E-state index in [1.54, 1.807) is 11.8 Å². The Morgan fingerprint density at radius 3 is 2.76 bits per heavy atom. The number of benzene rings is 1. The van der Waals surface area contributed by atoms with Gasteiger partial charge in [0.15, 0.2) is 0 Å². The van der Waals surface area contributed by atoms with Crippen molar-refractivity contribution in [2.75, 3.05) is 41.8 Å². The van der Waals surface area contributed by atoms with Crippen LogP contribution in [0.25, 0.3) is 0 Å². The largest absolute Gasteiger partial charge is 0.370 e. The van der Waals surface area contributed by atoms with Crippen molar-refractivity contribution in [1.29, 1.82) is 0 Å². The van der Waals surface area contributed by atoms with Crippen molar-refractivity contribution >= 4 is 35.2 Å². The van der Waals surface area contributed by atoms with Crippen LogP contribution in [-0.2, 0) is 0 Å². The summed E-state index contributed by atoms with van der Waals surface area (Å²) in [5, 5.41) is 11.9. The second-order valence-corrected chi connectivity index (χ2v) is 6.17. The molecule has 0 atom stereocenters. The monoisotopic (exact) mass is 360 g/mol. The van der Waals surface area contributed by atoms with Crippen molar-refractivity contribution in [3.8, 4) is 0 Å². The summed E-state index contributed by atoms with van der Waals surface area (Å²) in [6.45, 7) is 5.73. The number of thioether (sulfide) groups is 1. The fourth-order valence-corrected chi connectivity index (χ4v) is 2.61. The minimum absolute atomic E-state index is 0.237. The highest BCUT2D eigenvalue weighted by atomic mass is 32.2. The highest BCUT2D eigenvalue weighted by Crippen LogP contribution is 2.18. The number of rotatable bonds is 8. The maximum absolute atomic E-state index is 11.9. The van der Waals surface area contributed by atoms with Crippen LogP contribution in [0.4, 0.5) is 22.2 Å². The Kier molecular flexibility index (Phi) is 7.34. The van der Waals surface area contributed by atoms with Crippen molar-refractivity contribution in [3.05, 3.63) is 36.0 Å². The lowest BCUT2D eigenvalue weighted by atomic mass is 10.3. The van der Waals surface area contributed by atoms with Crippen molar-refractivity contribution < 1.29 is 4.79 Å². The summed E-state index contributed by atoms with van der Waals surface area (Å²) >= 11 is 1.63. The molecule has 4 N–H and O–H groups in total. The fourth-order valence-electron chi connectivity index (χ4n) is 2.15. The number of nitrogens with one attached hydrogen (secondary N) is 4. The Morgan fingerprint density at radius 1 is 1.16 bits per heavy atom. The zero-order valence-electron chi connectivity index (χ0n) is 14.7. The summed E-state index contributed by atoms with van der Waals surface area (Å²) < 4.78 is 0. The molecule has 0 saturated heterocycles. The summed E-state index contributed by atoms with van der Waals surface area (Å²) in [6, 6.07) is 9.37. The van der Waals surface area contributed by atoms with Gasteiger partial charge < -0.3 is 21.3 Å². The molecule has 2 aromatic rings. The first kappa shape index (κ1) is 18.9. The average Bonchev–Trinajstić information content (AvgIpc) is 2.59. The molecule has 0 bridgehead atoms. The van der Waals surface area contributed by atoms with Crippen LogP contribution in [0.1, 0.15) is 12.6 Å². The number of carbonyl (C=O) groups excluding carboxylic acids is 1. The van der Waals surface area contributed by atoms with Crippen LogP contribution in [0.5, 0.6) is 0 Å². The summed E-state index contributed by atoms with van der Waals surface area (Å²) in [6.07, 6.45) is 2.00. The maximum Gasteiger partial charge on any atom is 0.319 e. The predicted octanol–water partition coefficient (Wildman–Crippen LogP) is 3.17. The molecule has 0 aliphatic heterocycles. The van der Waals surface area contributed by atoms with Gasteiger partial charge in [0.25, 0.3) is 0 Å². The zero-order chi connectivity index (χ0) is 18.1. The van der Waals surface area contributed by atoms with Crippen LogP contribution in [0.2, 0.25) is 0 Å². The third-order valence-electron chi connectivity index (χ3n) is 3.23. The van der Waals surface area contributed by atoms with Crippen molar-refractivity contribution in [3.63, 3.8) is 0 Å². The number of aryl methyl sites for hydroxylation is 1. The molecular formula is C17H24N6OS. The number of hydrogen-bond donors (Lipinski definition) is 4. The van der Waals surface area contributed by atoms with Gasteiger partial charge in [-0.25, -0.2) is 9.78 Å². The van der Waals surface area contributed by atoms with E-state index >= 15 is 0 Å². The minimum Gasteiger partial charge on any atom is -0.370 e. The number of amides is 2. The third-order valence-corrected chi connectivity index (χ3v) is 3.96. The molecule has 2 rings (SSSR count). The van der Waals surface area contributed by atoms with Gasteiger partial charge in [0.05, 0.1) is 0 Å². The molecule has 1 aromatic carbocycles. The molecule has 1 heterocycles. The van der Waals surface area contributed by atoms with Crippen LogP contribution in [0, 0.1) is 6.92 Å². The van der Waals surface area contributed by atoms with E-state index in [0.717, 1.165) is 28.6 Å². The zero-order valence-corrected chi connectivity index (χ0v) is 15.5. The van der Waals surface area contributed by atoms with E-state index in [0.29, 0.717) is 19.0 Å². The van der Waals surface area contributed by atoms with Gasteiger partial charge in [-0.3, -0.25) is 0 Å². The highest BCUT2D eigenvalue weighted by molar-refractivity contribution is 7.98. The molecule has 0 aliphatic rings. The molecule has 0 spiro atoms. The maximum atomic E-state index is 11.9. The molecule has 2 amide bonds. The van der Waals surface area contributed by atoms with E-state index in [2.05, 4.69) is 31.2 Å². The number of hydrogen-bond acceptors (Lipinski definition) is 6. The van der Waals surface area contributed by atoms with E-state index < -0.39 is 0 Å². The van der Waals surface area contributed by atoms with Crippen LogP contribution >= 0.6 is 11.8 Å². The second-order valence-electron chi connectivity index (χ2n) is 5.29. The first-order chi connectivity index (χ1) is 12.1. The van der Waals surface area contributed by atoms with Crippen LogP contribution < -0.4 is 21.3 Å². The van der Waals surface area contributed by atoms with Crippen LogP contribution in [0.3, 0.4) is 0 Å². The van der Waals surface area contributed by atoms with E-state index in [1.807, 2.05) is 50.4 Å². The standard InChI is InChI=1S/C17H24N6OS/c1-4-18-15-10-12(2)21-16(23-15)19-8-9-20-17(24)22-13-6-5-7-14(11-13)25-3/h5-7,10-11H,4,8-9H2,1-3H3,(H2,20,22,24)(H2,18,19,21,23). The summed E-state index contributed by atoms with van der Waals surface area (Å²) in [4.78, 5) is 21.7. The topological polar surface area (TPSA) is 91.0 Å². The van der Waals surface area contributed by atoms with Gasteiger partial charge >= 0.3 is 6.03 Å². The van der Waals surface area contributed by atoms with Gasteiger partial charge in [-0.05, 0) is 38.3 Å². The molecule has 134 valence electrons. The van der Waals surface area contributed by atoms with Crippen molar-refractivity contribution in [2.24, 2.45) is 0 Å². The van der Waals surface area contributed by atoms with Crippen LogP contribution in [0.15, 0.2) is 35.2 Å². The second kappa shape index (κ2) is 9.73. The van der Waals surface area contributed by atoms with Crippen LogP contribution in [-0.4, -0.2) is 41.9 Å². The number of nitrogens with zero attached hydrogens (tertiary/aromatic N) is 2. The summed E-state index contributed by atoms with van der Waals surface area (Å²) in [5.74, 6) is 1.34. The Labute approximate surface area is 152 Å². The Balaban J connectivity index is 1.76. The van der Waals surface area contributed by atoms with Gasteiger partial charge in [0, 0.05) is 42.0 Å². The Bertz CT molecular complexity index is 709. The normalized spacial score (nSPS) is 10.2. The lowest BCUT2D eigenvalue weighted by Crippen LogP contribution is -2.32. The number of anilines is 3. The van der Waals surface area contributed by atoms with E-state index in [1.165, 1.54) is 0 Å². The molecule has 1 aromatic heterocycles. The third kappa shape index (κ3) is 6.50. The van der Waals surface area contributed by atoms with E-state index in [-0.39, 0.29) is 6.03 Å². The Morgan fingerprint density at radius 2 is 2.00 bits per heavy atom.